The van der Waals surface area contributed by atoms with Crippen molar-refractivity contribution in [2.75, 3.05) is 0 Å². The van der Waals surface area contributed by atoms with E-state index in [9.17, 15) is 9.59 Å². The zero-order valence-corrected chi connectivity index (χ0v) is 16.1. The SMILES string of the molecule is C[C@H](N)c1nc2cccc(Cl)c2c(=O)n1[C@H]1C[C@H](OC(=O)c2ccccc2)C1. The highest BCUT2D eigenvalue weighted by Crippen LogP contribution is 2.36. The van der Waals surface area contributed by atoms with Crippen molar-refractivity contribution in [3.63, 3.8) is 0 Å². The molecular weight excluding hydrogens is 378 g/mol. The number of fused-ring (bicyclic) bond motifs is 1. The van der Waals surface area contributed by atoms with Crippen LogP contribution < -0.4 is 11.3 Å². The Bertz CT molecular complexity index is 1090. The highest BCUT2D eigenvalue weighted by atomic mass is 35.5. The molecule has 0 radical (unpaired) electrons. The molecule has 1 fully saturated rings. The van der Waals surface area contributed by atoms with Gasteiger partial charge >= 0.3 is 5.97 Å². The summed E-state index contributed by atoms with van der Waals surface area (Å²) in [6, 6.07) is 13.5. The molecule has 0 aliphatic heterocycles. The number of hydrogen-bond donors (Lipinski definition) is 1. The van der Waals surface area contributed by atoms with Gasteiger partial charge in [-0.15, -0.1) is 0 Å². The standard InChI is InChI=1S/C21H20ClN3O3/c1-12(23)19-24-17-9-5-8-16(22)18(17)20(26)25(19)14-10-15(11-14)28-21(27)13-6-3-2-4-7-13/h2-9,12,14-15H,10-11,23H2,1H3/t12-,14-,15-/m0/s1. The number of carbonyl (C=O) groups excluding carboxylic acids is 1. The number of hydrogen-bond acceptors (Lipinski definition) is 5. The molecule has 0 saturated heterocycles. The van der Waals surface area contributed by atoms with Gasteiger partial charge in [0, 0.05) is 18.9 Å². The van der Waals surface area contributed by atoms with Crippen molar-refractivity contribution in [2.24, 2.45) is 5.73 Å². The van der Waals surface area contributed by atoms with Crippen LogP contribution in [0.2, 0.25) is 5.02 Å². The van der Waals surface area contributed by atoms with Crippen LogP contribution in [-0.2, 0) is 4.74 Å². The predicted octanol–water partition coefficient (Wildman–Crippen LogP) is 3.63. The number of benzene rings is 2. The molecule has 28 heavy (non-hydrogen) atoms. The average molecular weight is 398 g/mol. The van der Waals surface area contributed by atoms with E-state index in [2.05, 4.69) is 4.98 Å². The molecule has 1 aliphatic carbocycles. The van der Waals surface area contributed by atoms with Gasteiger partial charge in [-0.2, -0.15) is 0 Å². The van der Waals surface area contributed by atoms with Crippen LogP contribution in [0.5, 0.6) is 0 Å². The van der Waals surface area contributed by atoms with Crippen molar-refractivity contribution in [1.82, 2.24) is 9.55 Å². The number of nitrogens with zero attached hydrogens (tertiary/aromatic N) is 2. The van der Waals surface area contributed by atoms with Crippen LogP contribution in [0.25, 0.3) is 10.9 Å². The van der Waals surface area contributed by atoms with Gasteiger partial charge in [0.05, 0.1) is 27.5 Å². The fourth-order valence-corrected chi connectivity index (χ4v) is 3.78. The molecule has 144 valence electrons. The first kappa shape index (κ1) is 18.7. The third-order valence-corrected chi connectivity index (χ3v) is 5.35. The van der Waals surface area contributed by atoms with Gasteiger partial charge in [-0.25, -0.2) is 9.78 Å². The molecule has 2 N–H and O–H groups in total. The van der Waals surface area contributed by atoms with Crippen LogP contribution in [0.15, 0.2) is 53.3 Å². The Hall–Kier alpha value is -2.70. The summed E-state index contributed by atoms with van der Waals surface area (Å²) in [5, 5.41) is 0.754. The summed E-state index contributed by atoms with van der Waals surface area (Å²) in [7, 11) is 0. The lowest BCUT2D eigenvalue weighted by Gasteiger charge is -2.37. The molecular formula is C21H20ClN3O3. The summed E-state index contributed by atoms with van der Waals surface area (Å²) in [6.45, 7) is 1.79. The number of nitrogens with two attached hydrogens (primary N) is 1. The second-order valence-electron chi connectivity index (χ2n) is 7.09. The third kappa shape index (κ3) is 3.30. The summed E-state index contributed by atoms with van der Waals surface area (Å²) >= 11 is 6.24. The zero-order valence-electron chi connectivity index (χ0n) is 15.3. The lowest BCUT2D eigenvalue weighted by molar-refractivity contribution is -0.00919. The monoisotopic (exact) mass is 397 g/mol. The Kier molecular flexibility index (Phi) is 4.91. The van der Waals surface area contributed by atoms with Crippen molar-refractivity contribution in [3.05, 3.63) is 75.3 Å². The molecule has 1 atom stereocenters. The van der Waals surface area contributed by atoms with Gasteiger partial charge in [-0.05, 0) is 31.2 Å². The smallest absolute Gasteiger partial charge is 0.338 e. The molecule has 0 unspecified atom stereocenters. The molecule has 6 nitrogen and oxygen atoms in total. The highest BCUT2D eigenvalue weighted by Gasteiger charge is 2.36. The number of halogens is 1. The topological polar surface area (TPSA) is 87.2 Å². The Morgan fingerprint density at radius 1 is 1.21 bits per heavy atom. The van der Waals surface area contributed by atoms with E-state index in [1.807, 2.05) is 6.07 Å². The number of rotatable bonds is 4. The first-order chi connectivity index (χ1) is 13.5. The second-order valence-corrected chi connectivity index (χ2v) is 7.49. The van der Waals surface area contributed by atoms with Gasteiger partial charge in [0.25, 0.3) is 5.56 Å². The predicted molar refractivity (Wildman–Crippen MR) is 108 cm³/mol. The Labute approximate surface area is 166 Å². The molecule has 7 heteroatoms. The van der Waals surface area contributed by atoms with Gasteiger partial charge in [-0.3, -0.25) is 9.36 Å². The maximum Gasteiger partial charge on any atom is 0.338 e. The fourth-order valence-electron chi connectivity index (χ4n) is 3.53. The first-order valence-corrected chi connectivity index (χ1v) is 9.55. The van der Waals surface area contributed by atoms with Crippen LogP contribution in [0.3, 0.4) is 0 Å². The Morgan fingerprint density at radius 3 is 2.61 bits per heavy atom. The summed E-state index contributed by atoms with van der Waals surface area (Å²) in [5.41, 5.74) is 6.92. The van der Waals surface area contributed by atoms with Crippen molar-refractivity contribution in [3.8, 4) is 0 Å². The molecule has 3 aromatic rings. The van der Waals surface area contributed by atoms with Gasteiger partial charge in [-0.1, -0.05) is 35.9 Å². The maximum atomic E-state index is 13.1. The van der Waals surface area contributed by atoms with E-state index in [1.165, 1.54) is 0 Å². The zero-order chi connectivity index (χ0) is 19.8. The summed E-state index contributed by atoms with van der Waals surface area (Å²) < 4.78 is 7.16. The first-order valence-electron chi connectivity index (χ1n) is 9.18. The maximum absolute atomic E-state index is 13.1. The Balaban J connectivity index is 1.60. The van der Waals surface area contributed by atoms with Gasteiger partial charge in [0.15, 0.2) is 0 Å². The minimum absolute atomic E-state index is 0.129. The van der Waals surface area contributed by atoms with E-state index in [0.717, 1.165) is 0 Å². The Morgan fingerprint density at radius 2 is 1.93 bits per heavy atom. The molecule has 2 aromatic carbocycles. The molecule has 0 amide bonds. The van der Waals surface area contributed by atoms with Crippen LogP contribution in [0, 0.1) is 0 Å². The molecule has 0 bridgehead atoms. The number of ether oxygens (including phenoxy) is 1. The van der Waals surface area contributed by atoms with E-state index >= 15 is 0 Å². The van der Waals surface area contributed by atoms with Crippen molar-refractivity contribution in [2.45, 2.75) is 38.0 Å². The summed E-state index contributed by atoms with van der Waals surface area (Å²) in [5.74, 6) is 0.154. The lowest BCUT2D eigenvalue weighted by atomic mass is 9.88. The normalized spacial score (nSPS) is 19.8. The van der Waals surface area contributed by atoms with Crippen molar-refractivity contribution >= 4 is 28.5 Å². The van der Waals surface area contributed by atoms with Crippen LogP contribution in [0.1, 0.15) is 48.0 Å². The van der Waals surface area contributed by atoms with Crippen LogP contribution >= 0.6 is 11.6 Å². The largest absolute Gasteiger partial charge is 0.459 e. The molecule has 1 aliphatic rings. The molecule has 0 spiro atoms. The average Bonchev–Trinajstić information content (AvgIpc) is 2.65. The number of aromatic nitrogens is 2. The summed E-state index contributed by atoms with van der Waals surface area (Å²) in [4.78, 5) is 29.9. The molecule has 4 rings (SSSR count). The number of esters is 1. The van der Waals surface area contributed by atoms with E-state index < -0.39 is 6.04 Å². The van der Waals surface area contributed by atoms with Gasteiger partial charge in [0.2, 0.25) is 0 Å². The molecule has 1 aromatic heterocycles. The van der Waals surface area contributed by atoms with E-state index in [0.29, 0.717) is 40.2 Å². The summed E-state index contributed by atoms with van der Waals surface area (Å²) in [6.07, 6.45) is 0.832. The van der Waals surface area contributed by atoms with Crippen molar-refractivity contribution < 1.29 is 9.53 Å². The van der Waals surface area contributed by atoms with Gasteiger partial charge < -0.3 is 10.5 Å². The van der Waals surface area contributed by atoms with E-state index in [4.69, 9.17) is 22.1 Å². The van der Waals surface area contributed by atoms with Crippen molar-refractivity contribution in [1.29, 1.82) is 0 Å². The quantitative estimate of drug-likeness (QED) is 0.679. The van der Waals surface area contributed by atoms with Crippen LogP contribution in [-0.4, -0.2) is 21.6 Å². The minimum Gasteiger partial charge on any atom is -0.459 e. The third-order valence-electron chi connectivity index (χ3n) is 5.03. The van der Waals surface area contributed by atoms with E-state index in [1.54, 1.807) is 54.0 Å². The second kappa shape index (κ2) is 7.37. The van der Waals surface area contributed by atoms with E-state index in [-0.39, 0.29) is 23.7 Å². The van der Waals surface area contributed by atoms with Gasteiger partial charge in [0.1, 0.15) is 11.9 Å². The molecule has 1 saturated carbocycles. The lowest BCUT2D eigenvalue weighted by Crippen LogP contribution is -2.42. The minimum atomic E-state index is -0.415. The molecule has 1 heterocycles. The number of carbonyl (C=O) groups is 1. The highest BCUT2D eigenvalue weighted by molar-refractivity contribution is 6.35. The fraction of sp³-hybridized carbons (Fsp3) is 0.286. The van der Waals surface area contributed by atoms with Crippen LogP contribution in [0.4, 0.5) is 0 Å².